The van der Waals surface area contributed by atoms with Crippen molar-refractivity contribution in [1.82, 2.24) is 15.1 Å². The Labute approximate surface area is 184 Å². The summed E-state index contributed by atoms with van der Waals surface area (Å²) in [6.07, 6.45) is -3.89. The number of halogens is 3. The fraction of sp³-hybridized carbons (Fsp3) is 0.304. The van der Waals surface area contributed by atoms with Gasteiger partial charge in [0.1, 0.15) is 5.69 Å². The molecule has 0 atom stereocenters. The van der Waals surface area contributed by atoms with Crippen molar-refractivity contribution in [2.75, 3.05) is 20.8 Å². The fourth-order valence-corrected chi connectivity index (χ4v) is 3.28. The maximum atomic E-state index is 13.0. The van der Waals surface area contributed by atoms with E-state index in [9.17, 15) is 18.0 Å². The third-order valence-electron chi connectivity index (χ3n) is 4.94. The van der Waals surface area contributed by atoms with Crippen molar-refractivity contribution < 1.29 is 27.4 Å². The molecule has 2 aromatic carbocycles. The largest absolute Gasteiger partial charge is 0.493 e. The van der Waals surface area contributed by atoms with Crippen molar-refractivity contribution in [3.8, 4) is 22.8 Å². The van der Waals surface area contributed by atoms with Crippen LogP contribution < -0.4 is 14.8 Å². The first kappa shape index (κ1) is 23.2. The Hall–Kier alpha value is -3.49. The normalized spacial score (nSPS) is 11.3. The number of carbonyl (C=O) groups is 1. The van der Waals surface area contributed by atoms with Crippen LogP contribution in [-0.4, -0.2) is 36.5 Å². The molecule has 0 unspecified atom stereocenters. The van der Waals surface area contributed by atoms with Crippen molar-refractivity contribution in [2.45, 2.75) is 26.1 Å². The fourth-order valence-electron chi connectivity index (χ4n) is 3.28. The molecule has 0 aliphatic carbocycles. The number of aromatic nitrogens is 2. The van der Waals surface area contributed by atoms with Crippen LogP contribution >= 0.6 is 0 Å². The van der Waals surface area contributed by atoms with Crippen LogP contribution in [0.25, 0.3) is 11.3 Å². The molecule has 0 bridgehead atoms. The van der Waals surface area contributed by atoms with Gasteiger partial charge in [0.2, 0.25) is 0 Å². The zero-order chi connectivity index (χ0) is 23.3. The lowest BCUT2D eigenvalue weighted by Crippen LogP contribution is -2.28. The van der Waals surface area contributed by atoms with Crippen molar-refractivity contribution in [1.29, 1.82) is 0 Å². The third kappa shape index (κ3) is 5.22. The molecule has 0 saturated carbocycles. The second kappa shape index (κ2) is 9.76. The van der Waals surface area contributed by atoms with Gasteiger partial charge in [0.15, 0.2) is 11.5 Å². The smallest absolute Gasteiger partial charge is 0.416 e. The Kier molecular flexibility index (Phi) is 7.07. The minimum atomic E-state index is -4.45. The minimum Gasteiger partial charge on any atom is -0.493 e. The van der Waals surface area contributed by atoms with Crippen molar-refractivity contribution in [3.63, 3.8) is 0 Å². The summed E-state index contributed by atoms with van der Waals surface area (Å²) in [6.45, 7) is 2.57. The summed E-state index contributed by atoms with van der Waals surface area (Å²) in [5.74, 6) is 0.874. The molecule has 1 heterocycles. The first-order chi connectivity index (χ1) is 15.3. The van der Waals surface area contributed by atoms with E-state index in [0.29, 0.717) is 42.3 Å². The number of alkyl halides is 3. The lowest BCUT2D eigenvalue weighted by atomic mass is 10.1. The van der Waals surface area contributed by atoms with Gasteiger partial charge in [-0.25, -0.2) is 0 Å². The molecule has 0 fully saturated rings. The van der Waals surface area contributed by atoms with E-state index in [1.807, 2.05) is 19.1 Å². The molecule has 3 rings (SSSR count). The Bertz CT molecular complexity index is 1090. The molecule has 32 heavy (non-hydrogen) atoms. The number of nitrogens with one attached hydrogen (secondary N) is 1. The number of hydrogen-bond donors (Lipinski definition) is 1. The number of amides is 1. The van der Waals surface area contributed by atoms with Crippen LogP contribution in [0.4, 0.5) is 13.2 Å². The average Bonchev–Trinajstić information content (AvgIpc) is 3.23. The van der Waals surface area contributed by atoms with Crippen LogP contribution in [0.3, 0.4) is 0 Å². The molecule has 3 aromatic rings. The van der Waals surface area contributed by atoms with E-state index in [-0.39, 0.29) is 11.6 Å². The molecule has 1 amide bonds. The van der Waals surface area contributed by atoms with Crippen molar-refractivity contribution in [2.24, 2.45) is 0 Å². The minimum absolute atomic E-state index is 0.284. The zero-order valence-electron chi connectivity index (χ0n) is 18.0. The lowest BCUT2D eigenvalue weighted by molar-refractivity contribution is -0.137. The molecule has 0 saturated heterocycles. The standard InChI is InChI=1S/C23H24F3N3O3/c1-4-29-19(14-18(28-29)16-6-5-7-17(13-16)23(24,25)26)22(30)27-11-10-15-8-9-20(31-2)21(12-15)32-3/h5-9,12-14H,4,10-11H2,1-3H3,(H,27,30). The predicted molar refractivity (Wildman–Crippen MR) is 114 cm³/mol. The number of benzene rings is 2. The first-order valence-electron chi connectivity index (χ1n) is 10.0. The number of ether oxygens (including phenoxy) is 2. The summed E-state index contributed by atoms with van der Waals surface area (Å²) < 4.78 is 51.1. The maximum Gasteiger partial charge on any atom is 0.416 e. The predicted octanol–water partition coefficient (Wildman–Crippen LogP) is 4.58. The van der Waals surface area contributed by atoms with Gasteiger partial charge in [-0.2, -0.15) is 18.3 Å². The molecule has 1 aromatic heterocycles. The van der Waals surface area contributed by atoms with Crippen LogP contribution in [-0.2, 0) is 19.1 Å². The van der Waals surface area contributed by atoms with Crippen LogP contribution in [0, 0.1) is 0 Å². The molecule has 170 valence electrons. The van der Waals surface area contributed by atoms with E-state index in [4.69, 9.17) is 9.47 Å². The lowest BCUT2D eigenvalue weighted by Gasteiger charge is -2.10. The molecule has 6 nitrogen and oxygen atoms in total. The highest BCUT2D eigenvalue weighted by Gasteiger charge is 2.30. The Morgan fingerprint density at radius 1 is 1.06 bits per heavy atom. The molecular formula is C23H24F3N3O3. The number of rotatable bonds is 8. The number of methoxy groups -OCH3 is 2. The van der Waals surface area contributed by atoms with Crippen molar-refractivity contribution >= 4 is 5.91 Å². The third-order valence-corrected chi connectivity index (χ3v) is 4.94. The molecule has 0 spiro atoms. The first-order valence-corrected chi connectivity index (χ1v) is 10.0. The Morgan fingerprint density at radius 3 is 2.47 bits per heavy atom. The highest BCUT2D eigenvalue weighted by Crippen LogP contribution is 2.32. The number of aryl methyl sites for hydroxylation is 1. The van der Waals surface area contributed by atoms with E-state index in [2.05, 4.69) is 10.4 Å². The Balaban J connectivity index is 1.72. The SMILES string of the molecule is CCn1nc(-c2cccc(C(F)(F)F)c2)cc1C(=O)NCCc1ccc(OC)c(OC)c1. The van der Waals surface area contributed by atoms with E-state index in [1.54, 1.807) is 20.3 Å². The van der Waals surface area contributed by atoms with Crippen LogP contribution in [0.5, 0.6) is 11.5 Å². The molecule has 0 aliphatic rings. The molecule has 9 heteroatoms. The highest BCUT2D eigenvalue weighted by atomic mass is 19.4. The van der Waals surface area contributed by atoms with Gasteiger partial charge in [0.25, 0.3) is 5.91 Å². The summed E-state index contributed by atoms with van der Waals surface area (Å²) in [5, 5.41) is 7.15. The van der Waals surface area contributed by atoms with E-state index < -0.39 is 11.7 Å². The van der Waals surface area contributed by atoms with E-state index in [1.165, 1.54) is 22.9 Å². The molecular weight excluding hydrogens is 423 g/mol. The van der Waals surface area contributed by atoms with Gasteiger partial charge in [-0.3, -0.25) is 9.48 Å². The van der Waals surface area contributed by atoms with E-state index in [0.717, 1.165) is 17.7 Å². The van der Waals surface area contributed by atoms with E-state index >= 15 is 0 Å². The monoisotopic (exact) mass is 447 g/mol. The summed E-state index contributed by atoms with van der Waals surface area (Å²) in [6, 6.07) is 11.9. The molecule has 0 radical (unpaired) electrons. The van der Waals surface area contributed by atoms with Gasteiger partial charge in [-0.1, -0.05) is 18.2 Å². The van der Waals surface area contributed by atoms with Gasteiger partial charge >= 0.3 is 6.18 Å². The maximum absolute atomic E-state index is 13.0. The number of carbonyl (C=O) groups excluding carboxylic acids is 1. The molecule has 0 aliphatic heterocycles. The summed E-state index contributed by atoms with van der Waals surface area (Å²) >= 11 is 0. The van der Waals surface area contributed by atoms with Crippen LogP contribution in [0.1, 0.15) is 28.5 Å². The van der Waals surface area contributed by atoms with Gasteiger partial charge < -0.3 is 14.8 Å². The highest BCUT2D eigenvalue weighted by molar-refractivity contribution is 5.93. The topological polar surface area (TPSA) is 65.4 Å². The van der Waals surface area contributed by atoms with Gasteiger partial charge in [-0.15, -0.1) is 0 Å². The average molecular weight is 447 g/mol. The van der Waals surface area contributed by atoms with Gasteiger partial charge in [0.05, 0.1) is 25.5 Å². The number of hydrogen-bond acceptors (Lipinski definition) is 4. The van der Waals surface area contributed by atoms with Crippen LogP contribution in [0.2, 0.25) is 0 Å². The summed E-state index contributed by atoms with van der Waals surface area (Å²) in [7, 11) is 3.11. The molecule has 1 N–H and O–H groups in total. The summed E-state index contributed by atoms with van der Waals surface area (Å²) in [5.41, 5.74) is 1.08. The Morgan fingerprint density at radius 2 is 1.81 bits per heavy atom. The second-order valence-corrected chi connectivity index (χ2v) is 7.00. The second-order valence-electron chi connectivity index (χ2n) is 7.00. The quantitative estimate of drug-likeness (QED) is 0.549. The zero-order valence-corrected chi connectivity index (χ0v) is 18.0. The van der Waals surface area contributed by atoms with Gasteiger partial charge in [-0.05, 0) is 49.2 Å². The van der Waals surface area contributed by atoms with Crippen molar-refractivity contribution in [3.05, 3.63) is 65.4 Å². The summed E-state index contributed by atoms with van der Waals surface area (Å²) in [4.78, 5) is 12.7. The van der Waals surface area contributed by atoms with Gasteiger partial charge in [0, 0.05) is 18.7 Å². The number of nitrogens with zero attached hydrogens (tertiary/aromatic N) is 2. The van der Waals surface area contributed by atoms with Crippen LogP contribution in [0.15, 0.2) is 48.5 Å².